The molecule has 2 N–H and O–H groups in total. The Morgan fingerprint density at radius 1 is 1.10 bits per heavy atom. The number of nitrogens with one attached hydrogen (secondary N) is 2. The first-order valence-corrected chi connectivity index (χ1v) is 8.32. The third-order valence-electron chi connectivity index (χ3n) is 3.73. The Bertz CT molecular complexity index is 516. The standard InChI is InChI=1S/C15H19Cl3N2O/c1-9(15(21)20-10-5-3-2-4-6-10)19-14-8-12(17)11(16)7-13(14)18/h7-10,19H,2-6H2,1H3,(H,20,21). The summed E-state index contributed by atoms with van der Waals surface area (Å²) in [5, 5.41) is 7.41. The van der Waals surface area contributed by atoms with Gasteiger partial charge in [0, 0.05) is 6.04 Å². The largest absolute Gasteiger partial charge is 0.373 e. The Balaban J connectivity index is 1.95. The summed E-state index contributed by atoms with van der Waals surface area (Å²) in [5.41, 5.74) is 0.609. The van der Waals surface area contributed by atoms with Gasteiger partial charge in [0.2, 0.25) is 5.91 Å². The summed E-state index contributed by atoms with van der Waals surface area (Å²) < 4.78 is 0. The van der Waals surface area contributed by atoms with Crippen LogP contribution in [0.15, 0.2) is 12.1 Å². The molecule has 1 unspecified atom stereocenters. The predicted octanol–water partition coefficient (Wildman–Crippen LogP) is 4.90. The molecule has 2 rings (SSSR count). The Hall–Kier alpha value is -0.640. The van der Waals surface area contributed by atoms with Gasteiger partial charge in [0.25, 0.3) is 0 Å². The molecule has 0 bridgehead atoms. The molecule has 1 amide bonds. The first kappa shape index (κ1) is 16.7. The summed E-state index contributed by atoms with van der Waals surface area (Å²) in [6, 6.07) is 3.11. The van der Waals surface area contributed by atoms with Gasteiger partial charge < -0.3 is 10.6 Å². The van der Waals surface area contributed by atoms with E-state index < -0.39 is 0 Å². The highest BCUT2D eigenvalue weighted by atomic mass is 35.5. The average Bonchev–Trinajstić information content (AvgIpc) is 2.45. The lowest BCUT2D eigenvalue weighted by atomic mass is 9.95. The minimum Gasteiger partial charge on any atom is -0.373 e. The van der Waals surface area contributed by atoms with Crippen LogP contribution >= 0.6 is 34.8 Å². The van der Waals surface area contributed by atoms with Crippen molar-refractivity contribution < 1.29 is 4.79 Å². The summed E-state index contributed by atoms with van der Waals surface area (Å²) in [6.45, 7) is 1.80. The normalized spacial score (nSPS) is 17.3. The van der Waals surface area contributed by atoms with E-state index in [9.17, 15) is 4.79 Å². The minimum atomic E-state index is -0.387. The molecule has 0 radical (unpaired) electrons. The lowest BCUT2D eigenvalue weighted by Crippen LogP contribution is -2.44. The van der Waals surface area contributed by atoms with Crippen LogP contribution in [-0.4, -0.2) is 18.0 Å². The molecule has 1 atom stereocenters. The Labute approximate surface area is 140 Å². The van der Waals surface area contributed by atoms with Crippen LogP contribution < -0.4 is 10.6 Å². The molecule has 3 nitrogen and oxygen atoms in total. The molecule has 0 heterocycles. The number of amides is 1. The highest BCUT2D eigenvalue weighted by Gasteiger charge is 2.20. The molecule has 0 aliphatic heterocycles. The van der Waals surface area contributed by atoms with Gasteiger partial charge >= 0.3 is 0 Å². The van der Waals surface area contributed by atoms with Crippen molar-refractivity contribution in [3.8, 4) is 0 Å². The Morgan fingerprint density at radius 3 is 2.38 bits per heavy atom. The van der Waals surface area contributed by atoms with Crippen molar-refractivity contribution >= 4 is 46.4 Å². The van der Waals surface area contributed by atoms with Gasteiger partial charge in [-0.15, -0.1) is 0 Å². The first-order valence-electron chi connectivity index (χ1n) is 7.19. The van der Waals surface area contributed by atoms with Crippen molar-refractivity contribution in [2.24, 2.45) is 0 Å². The van der Waals surface area contributed by atoms with E-state index in [2.05, 4.69) is 10.6 Å². The third kappa shape index (κ3) is 4.67. The summed E-state index contributed by atoms with van der Waals surface area (Å²) in [4.78, 5) is 12.2. The van der Waals surface area contributed by atoms with Crippen LogP contribution in [0.1, 0.15) is 39.0 Å². The van der Waals surface area contributed by atoms with Gasteiger partial charge in [-0.05, 0) is 31.9 Å². The minimum absolute atomic E-state index is 0.0240. The van der Waals surface area contributed by atoms with Crippen molar-refractivity contribution in [3.05, 3.63) is 27.2 Å². The van der Waals surface area contributed by atoms with Crippen LogP contribution in [0.25, 0.3) is 0 Å². The summed E-state index contributed by atoms with van der Waals surface area (Å²) in [7, 11) is 0. The lowest BCUT2D eigenvalue weighted by molar-refractivity contribution is -0.122. The number of rotatable bonds is 4. The van der Waals surface area contributed by atoms with Gasteiger partial charge in [-0.2, -0.15) is 0 Å². The van der Waals surface area contributed by atoms with E-state index in [0.717, 1.165) is 12.8 Å². The zero-order chi connectivity index (χ0) is 15.4. The topological polar surface area (TPSA) is 41.1 Å². The molecule has 1 fully saturated rings. The Kier molecular flexibility index (Phi) is 6.03. The molecule has 116 valence electrons. The molecule has 1 aliphatic carbocycles. The highest BCUT2D eigenvalue weighted by Crippen LogP contribution is 2.32. The second-order valence-corrected chi connectivity index (χ2v) is 6.68. The fourth-order valence-electron chi connectivity index (χ4n) is 2.51. The number of halogens is 3. The zero-order valence-corrected chi connectivity index (χ0v) is 14.2. The van der Waals surface area contributed by atoms with Crippen LogP contribution in [0, 0.1) is 0 Å². The molecule has 0 aromatic heterocycles. The predicted molar refractivity (Wildman–Crippen MR) is 89.6 cm³/mol. The fraction of sp³-hybridized carbons (Fsp3) is 0.533. The number of anilines is 1. The summed E-state index contributed by atoms with van der Waals surface area (Å²) >= 11 is 18.0. The number of hydrogen-bond acceptors (Lipinski definition) is 2. The molecule has 1 saturated carbocycles. The first-order chi connectivity index (χ1) is 9.97. The highest BCUT2D eigenvalue weighted by molar-refractivity contribution is 6.44. The maximum absolute atomic E-state index is 12.2. The van der Waals surface area contributed by atoms with Crippen molar-refractivity contribution in [2.75, 3.05) is 5.32 Å². The van der Waals surface area contributed by atoms with Gasteiger partial charge in [0.05, 0.1) is 20.8 Å². The van der Waals surface area contributed by atoms with Crippen LogP contribution in [0.5, 0.6) is 0 Å². The van der Waals surface area contributed by atoms with E-state index in [0.29, 0.717) is 26.8 Å². The van der Waals surface area contributed by atoms with Gasteiger partial charge in [0.15, 0.2) is 0 Å². The lowest BCUT2D eigenvalue weighted by Gasteiger charge is -2.25. The number of carbonyl (C=O) groups is 1. The van der Waals surface area contributed by atoms with Crippen LogP contribution in [0.4, 0.5) is 5.69 Å². The van der Waals surface area contributed by atoms with Gasteiger partial charge in [0.1, 0.15) is 6.04 Å². The van der Waals surface area contributed by atoms with Crippen molar-refractivity contribution in [1.29, 1.82) is 0 Å². The van der Waals surface area contributed by atoms with Crippen molar-refractivity contribution in [1.82, 2.24) is 5.32 Å². The number of benzene rings is 1. The van der Waals surface area contributed by atoms with Crippen LogP contribution in [0.2, 0.25) is 15.1 Å². The van der Waals surface area contributed by atoms with Gasteiger partial charge in [-0.3, -0.25) is 4.79 Å². The fourth-order valence-corrected chi connectivity index (χ4v) is 3.11. The Morgan fingerprint density at radius 2 is 1.71 bits per heavy atom. The monoisotopic (exact) mass is 348 g/mol. The zero-order valence-electron chi connectivity index (χ0n) is 11.9. The molecule has 0 saturated heterocycles. The number of carbonyl (C=O) groups excluding carboxylic acids is 1. The maximum Gasteiger partial charge on any atom is 0.242 e. The molecule has 1 aromatic rings. The van der Waals surface area contributed by atoms with Gasteiger partial charge in [-0.25, -0.2) is 0 Å². The average molecular weight is 350 g/mol. The number of hydrogen-bond donors (Lipinski definition) is 2. The molecule has 21 heavy (non-hydrogen) atoms. The van der Waals surface area contributed by atoms with Crippen molar-refractivity contribution in [2.45, 2.75) is 51.1 Å². The molecule has 1 aliphatic rings. The van der Waals surface area contributed by atoms with E-state index >= 15 is 0 Å². The van der Waals surface area contributed by atoms with E-state index in [-0.39, 0.29) is 11.9 Å². The van der Waals surface area contributed by atoms with Gasteiger partial charge in [-0.1, -0.05) is 54.1 Å². The van der Waals surface area contributed by atoms with Crippen molar-refractivity contribution in [3.63, 3.8) is 0 Å². The second-order valence-electron chi connectivity index (χ2n) is 5.46. The second kappa shape index (κ2) is 7.57. The molecular formula is C15H19Cl3N2O. The quantitative estimate of drug-likeness (QED) is 0.759. The van der Waals surface area contributed by atoms with E-state index in [1.807, 2.05) is 0 Å². The van der Waals surface area contributed by atoms with Crippen LogP contribution in [-0.2, 0) is 4.79 Å². The SMILES string of the molecule is CC(Nc1cc(Cl)c(Cl)cc1Cl)C(=O)NC1CCCCC1. The summed E-state index contributed by atoms with van der Waals surface area (Å²) in [6.07, 6.45) is 5.76. The van der Waals surface area contributed by atoms with Crippen LogP contribution in [0.3, 0.4) is 0 Å². The van der Waals surface area contributed by atoms with E-state index in [4.69, 9.17) is 34.8 Å². The third-order valence-corrected chi connectivity index (χ3v) is 4.76. The molecule has 6 heteroatoms. The smallest absolute Gasteiger partial charge is 0.242 e. The molecular weight excluding hydrogens is 331 g/mol. The molecule has 1 aromatic carbocycles. The molecule has 0 spiro atoms. The van der Waals surface area contributed by atoms with E-state index in [1.165, 1.54) is 19.3 Å². The maximum atomic E-state index is 12.2. The van der Waals surface area contributed by atoms with E-state index in [1.54, 1.807) is 19.1 Å². The summed E-state index contributed by atoms with van der Waals surface area (Å²) in [5.74, 6) is -0.0240.